The van der Waals surface area contributed by atoms with Crippen LogP contribution < -0.4 is 0 Å². The molecular formula is C6H18Br6Fe2O3S3. The van der Waals surface area contributed by atoms with Gasteiger partial charge in [-0.3, -0.25) is 12.6 Å². The molecule has 136 valence electrons. The van der Waals surface area contributed by atoms with Crippen molar-refractivity contribution in [2.45, 2.75) is 0 Å². The first-order chi connectivity index (χ1) is 8.66. The Balaban J connectivity index is -0.0000000469. The number of hydrogen-bond acceptors (Lipinski definition) is 3. The SMILES string of the molecule is CS(C)=O.CS(C)=O.CS(C)=O.[Br][Fe]([Br])[Br].[Br][Fe]([Br])[Br]. The summed E-state index contributed by atoms with van der Waals surface area (Å²) in [5, 5.41) is 0. The topological polar surface area (TPSA) is 51.2 Å². The third-order valence-corrected chi connectivity index (χ3v) is 0. The summed E-state index contributed by atoms with van der Waals surface area (Å²) in [6, 6.07) is 0. The van der Waals surface area contributed by atoms with E-state index in [2.05, 4.69) is 84.7 Å². The predicted molar refractivity (Wildman–Crippen MR) is 114 cm³/mol. The minimum absolute atomic E-state index is 0.312. The molecule has 0 atom stereocenters. The Labute approximate surface area is 181 Å². The number of halogens is 6. The quantitative estimate of drug-likeness (QED) is 0.322. The van der Waals surface area contributed by atoms with Crippen molar-refractivity contribution in [1.82, 2.24) is 0 Å². The van der Waals surface area contributed by atoms with Gasteiger partial charge < -0.3 is 0 Å². The molecule has 0 spiro atoms. The zero-order chi connectivity index (χ0) is 17.9. The fourth-order valence-electron chi connectivity index (χ4n) is 0. The third-order valence-electron chi connectivity index (χ3n) is 0. The van der Waals surface area contributed by atoms with Crippen molar-refractivity contribution in [3.63, 3.8) is 0 Å². The van der Waals surface area contributed by atoms with Crippen molar-refractivity contribution in [2.24, 2.45) is 0 Å². The maximum absolute atomic E-state index is 9.56. The van der Waals surface area contributed by atoms with E-state index in [1.165, 1.54) is 0 Å². The van der Waals surface area contributed by atoms with E-state index < -0.39 is 32.4 Å². The predicted octanol–water partition coefficient (Wildman–Crippen LogP) is 5.05. The Morgan fingerprint density at radius 2 is 0.500 bits per heavy atom. The second-order valence-electron chi connectivity index (χ2n) is 2.53. The van der Waals surface area contributed by atoms with E-state index in [-0.39, 0.29) is 17.0 Å². The van der Waals surface area contributed by atoms with Gasteiger partial charge in [-0.25, -0.2) is 0 Å². The molecule has 0 rings (SSSR count). The van der Waals surface area contributed by atoms with Crippen LogP contribution in [0.3, 0.4) is 0 Å². The summed E-state index contributed by atoms with van der Waals surface area (Å²) >= 11 is 19.1. The maximum atomic E-state index is 9.56. The summed E-state index contributed by atoms with van der Waals surface area (Å²) in [7, 11) is -2.46. The first-order valence-corrected chi connectivity index (χ1v) is 26.0. The summed E-state index contributed by atoms with van der Waals surface area (Å²) in [5.41, 5.74) is 0. The number of rotatable bonds is 0. The first kappa shape index (κ1) is 35.5. The molecule has 0 aliphatic carbocycles. The van der Waals surface area contributed by atoms with Crippen LogP contribution in [0.2, 0.25) is 0 Å². The first-order valence-electron chi connectivity index (χ1n) is 3.75. The van der Waals surface area contributed by atoms with E-state index in [0.717, 1.165) is 0 Å². The van der Waals surface area contributed by atoms with E-state index in [1.54, 1.807) is 37.5 Å². The Morgan fingerprint density at radius 1 is 0.500 bits per heavy atom. The summed E-state index contributed by atoms with van der Waals surface area (Å²) in [6.07, 6.45) is 9.83. The Hall–Kier alpha value is 4.37. The average Bonchev–Trinajstić information content (AvgIpc) is 1.94. The zero-order valence-corrected chi connectivity index (χ0v) is 25.6. The van der Waals surface area contributed by atoms with Gasteiger partial charge in [-0.1, -0.05) is 0 Å². The molecule has 0 aliphatic rings. The van der Waals surface area contributed by atoms with E-state index in [1.807, 2.05) is 0 Å². The van der Waals surface area contributed by atoms with Crippen molar-refractivity contribution in [1.29, 1.82) is 0 Å². The van der Waals surface area contributed by atoms with Crippen LogP contribution in [0, 0.1) is 0 Å². The van der Waals surface area contributed by atoms with Gasteiger partial charge in [0.15, 0.2) is 0 Å². The van der Waals surface area contributed by atoms with E-state index in [9.17, 15) is 12.6 Å². The van der Waals surface area contributed by atoms with Crippen LogP contribution >= 0.6 is 84.7 Å². The van der Waals surface area contributed by atoms with Crippen LogP contribution in [-0.4, -0.2) is 50.2 Å². The Morgan fingerprint density at radius 3 is 0.500 bits per heavy atom. The molecule has 14 heteroatoms. The molecular weight excluding hydrogens is 807 g/mol. The van der Waals surface area contributed by atoms with E-state index in [0.29, 0.717) is 0 Å². The minimum atomic E-state index is -0.611. The van der Waals surface area contributed by atoms with Crippen LogP contribution in [0.1, 0.15) is 0 Å². The molecule has 0 unspecified atom stereocenters. The summed E-state index contributed by atoms with van der Waals surface area (Å²) in [5.74, 6) is 0. The molecule has 20 heavy (non-hydrogen) atoms. The van der Waals surface area contributed by atoms with Gasteiger partial charge in [0.05, 0.1) is 0 Å². The monoisotopic (exact) mass is 819 g/mol. The van der Waals surface area contributed by atoms with Gasteiger partial charge in [0, 0.05) is 69.9 Å². The molecule has 0 saturated heterocycles. The van der Waals surface area contributed by atoms with Crippen molar-refractivity contribution < 1.29 is 29.6 Å². The molecule has 0 heterocycles. The molecule has 0 bridgehead atoms. The van der Waals surface area contributed by atoms with Gasteiger partial charge in [-0.05, 0) is 0 Å². The van der Waals surface area contributed by atoms with Gasteiger partial charge in [-0.2, -0.15) is 0 Å². The fraction of sp³-hybridized carbons (Fsp3) is 1.00. The normalized spacial score (nSPS) is 9.75. The van der Waals surface area contributed by atoms with Gasteiger partial charge in [0.1, 0.15) is 0 Å². The molecule has 0 aromatic rings. The van der Waals surface area contributed by atoms with Crippen molar-refractivity contribution in [3.8, 4) is 0 Å². The Bertz CT molecular complexity index is 196. The number of hydrogen-bond donors (Lipinski definition) is 0. The average molecular weight is 826 g/mol. The summed E-state index contributed by atoms with van der Waals surface area (Å²) in [6.45, 7) is 0. The zero-order valence-electron chi connectivity index (χ0n) is 11.4. The van der Waals surface area contributed by atoms with Gasteiger partial charge in [0.25, 0.3) is 0 Å². The van der Waals surface area contributed by atoms with Crippen LogP contribution in [0.4, 0.5) is 0 Å². The standard InChI is InChI=1S/3C2H6OS.6BrH.2Fe/c3*1-4(2)3;;;;;;;;/h3*1-2H3;6*1H;;/q;;;;;;;;;2*+3/p-6. The summed E-state index contributed by atoms with van der Waals surface area (Å²) in [4.78, 5) is 0. The molecule has 0 aliphatic heterocycles. The van der Waals surface area contributed by atoms with Gasteiger partial charge >= 0.3 is 102 Å². The van der Waals surface area contributed by atoms with Crippen LogP contribution in [0.25, 0.3) is 0 Å². The van der Waals surface area contributed by atoms with Crippen LogP contribution in [-0.2, 0) is 49.4 Å². The van der Waals surface area contributed by atoms with Crippen LogP contribution in [0.5, 0.6) is 0 Å². The summed E-state index contributed by atoms with van der Waals surface area (Å²) < 4.78 is 28.7. The molecule has 0 aromatic carbocycles. The van der Waals surface area contributed by atoms with Crippen molar-refractivity contribution >= 4 is 117 Å². The van der Waals surface area contributed by atoms with Crippen molar-refractivity contribution in [3.05, 3.63) is 0 Å². The molecule has 0 N–H and O–H groups in total. The van der Waals surface area contributed by atoms with Crippen LogP contribution in [0.15, 0.2) is 0 Å². The van der Waals surface area contributed by atoms with Crippen molar-refractivity contribution in [2.75, 3.05) is 37.5 Å². The molecule has 0 radical (unpaired) electrons. The molecule has 0 fully saturated rings. The van der Waals surface area contributed by atoms with Gasteiger partial charge in [-0.15, -0.1) is 0 Å². The Kier molecular flexibility index (Phi) is 55.3. The van der Waals surface area contributed by atoms with E-state index in [4.69, 9.17) is 0 Å². The van der Waals surface area contributed by atoms with Gasteiger partial charge in [0.2, 0.25) is 0 Å². The third kappa shape index (κ3) is 535. The molecule has 0 amide bonds. The second kappa shape index (κ2) is 31.2. The molecule has 0 saturated carbocycles. The molecule has 0 aromatic heterocycles. The second-order valence-corrected chi connectivity index (χ2v) is 40.4. The molecule has 3 nitrogen and oxygen atoms in total. The van der Waals surface area contributed by atoms with E-state index >= 15 is 0 Å². The fourth-order valence-corrected chi connectivity index (χ4v) is 0.